The Bertz CT molecular complexity index is 697. The molecule has 0 saturated heterocycles. The van der Waals surface area contributed by atoms with Crippen LogP contribution >= 0.6 is 0 Å². The first-order chi connectivity index (χ1) is 9.25. The molecule has 3 rings (SSSR count). The Morgan fingerprint density at radius 2 is 2.00 bits per heavy atom. The zero-order valence-electron chi connectivity index (χ0n) is 10.9. The van der Waals surface area contributed by atoms with Crippen LogP contribution in [0.1, 0.15) is 11.6 Å². The van der Waals surface area contributed by atoms with Crippen molar-refractivity contribution in [3.8, 4) is 0 Å². The molecule has 0 aliphatic rings. The Morgan fingerprint density at radius 1 is 1.16 bits per heavy atom. The summed E-state index contributed by atoms with van der Waals surface area (Å²) in [5.74, 6) is 2.64. The summed E-state index contributed by atoms with van der Waals surface area (Å²) in [7, 11) is 1.99. The highest BCUT2D eigenvalue weighted by atomic mass is 15.3. The third-order valence-corrected chi connectivity index (χ3v) is 3.06. The second-order valence-corrected chi connectivity index (χ2v) is 4.35. The molecule has 0 fully saturated rings. The summed E-state index contributed by atoms with van der Waals surface area (Å²) in [6, 6.07) is 0. The molecule has 0 aliphatic heterocycles. The molecule has 0 atom stereocenters. The number of nitrogens with one attached hydrogen (secondary N) is 1. The molecule has 0 bridgehead atoms. The predicted molar refractivity (Wildman–Crippen MR) is 70.9 cm³/mol. The van der Waals surface area contributed by atoms with E-state index in [2.05, 4.69) is 25.5 Å². The fraction of sp³-hybridized carbons (Fsp3) is 0.333. The quantitative estimate of drug-likeness (QED) is 0.749. The molecule has 0 aliphatic carbocycles. The molecule has 3 aromatic rings. The molecule has 0 radical (unpaired) electrons. The van der Waals surface area contributed by atoms with Gasteiger partial charge in [0.05, 0.1) is 0 Å². The summed E-state index contributed by atoms with van der Waals surface area (Å²) in [5, 5.41) is 11.4. The summed E-state index contributed by atoms with van der Waals surface area (Å²) in [5.41, 5.74) is 0.750. The summed E-state index contributed by atoms with van der Waals surface area (Å²) in [6.07, 6.45) is 8.17. The van der Waals surface area contributed by atoms with Gasteiger partial charge in [0.15, 0.2) is 5.82 Å². The second kappa shape index (κ2) is 4.68. The van der Waals surface area contributed by atoms with Gasteiger partial charge >= 0.3 is 0 Å². The summed E-state index contributed by atoms with van der Waals surface area (Å²) in [6.45, 7) is 2.67. The van der Waals surface area contributed by atoms with Crippen LogP contribution in [0.3, 0.4) is 0 Å². The molecule has 0 aromatic carbocycles. The first kappa shape index (κ1) is 11.6. The number of anilines is 1. The van der Waals surface area contributed by atoms with Gasteiger partial charge < -0.3 is 9.88 Å². The lowest BCUT2D eigenvalue weighted by atomic mass is 10.4. The van der Waals surface area contributed by atoms with Crippen molar-refractivity contribution in [2.75, 3.05) is 11.9 Å². The lowest BCUT2D eigenvalue weighted by molar-refractivity contribution is 0.788. The van der Waals surface area contributed by atoms with Gasteiger partial charge in [0, 0.05) is 44.8 Å². The third kappa shape index (κ3) is 2.14. The molecule has 0 spiro atoms. The normalized spacial score (nSPS) is 11.1. The molecular weight excluding hydrogens is 242 g/mol. The number of hydrogen-bond acceptors (Lipinski definition) is 5. The zero-order chi connectivity index (χ0) is 13.2. The van der Waals surface area contributed by atoms with Crippen LogP contribution in [0.4, 0.5) is 5.82 Å². The predicted octanol–water partition coefficient (Wildman–Crippen LogP) is 0.821. The van der Waals surface area contributed by atoms with Crippen LogP contribution in [-0.2, 0) is 13.5 Å². The smallest absolute Gasteiger partial charge is 0.203 e. The van der Waals surface area contributed by atoms with E-state index in [1.165, 1.54) is 0 Å². The Hall–Kier alpha value is -2.44. The molecular formula is C12H15N7. The molecule has 0 saturated carbocycles. The van der Waals surface area contributed by atoms with Gasteiger partial charge in [-0.25, -0.2) is 9.97 Å². The van der Waals surface area contributed by atoms with Crippen LogP contribution in [0.25, 0.3) is 5.65 Å². The van der Waals surface area contributed by atoms with Crippen LogP contribution in [0.2, 0.25) is 0 Å². The highest BCUT2D eigenvalue weighted by Crippen LogP contribution is 2.11. The molecule has 7 nitrogen and oxygen atoms in total. The van der Waals surface area contributed by atoms with Gasteiger partial charge in [0.1, 0.15) is 11.6 Å². The van der Waals surface area contributed by atoms with E-state index in [0.29, 0.717) is 0 Å². The number of hydrogen-bond donors (Lipinski definition) is 1. The Labute approximate surface area is 110 Å². The minimum absolute atomic E-state index is 0.748. The van der Waals surface area contributed by atoms with E-state index in [1.807, 2.05) is 35.3 Å². The number of aryl methyl sites for hydroxylation is 2. The Balaban J connectivity index is 1.74. The van der Waals surface area contributed by atoms with Crippen molar-refractivity contribution in [2.24, 2.45) is 7.05 Å². The van der Waals surface area contributed by atoms with Crippen LogP contribution < -0.4 is 5.32 Å². The standard InChI is InChI=1S/C12H15N7/c1-9-16-17-12-11(15-6-8-19(9)12)14-4-3-10-13-5-7-18(10)2/h5-8H,3-4H2,1-2H3,(H,14,15). The molecule has 3 aromatic heterocycles. The van der Waals surface area contributed by atoms with Crippen LogP contribution in [0.5, 0.6) is 0 Å². The van der Waals surface area contributed by atoms with Crippen LogP contribution in [0.15, 0.2) is 24.8 Å². The second-order valence-electron chi connectivity index (χ2n) is 4.35. The number of nitrogens with zero attached hydrogens (tertiary/aromatic N) is 6. The maximum Gasteiger partial charge on any atom is 0.203 e. The Kier molecular flexibility index (Phi) is 2.86. The minimum atomic E-state index is 0.748. The maximum atomic E-state index is 4.30. The SMILES string of the molecule is Cc1nnc2c(NCCc3nccn3C)nccn12. The molecule has 19 heavy (non-hydrogen) atoms. The largest absolute Gasteiger partial charge is 0.366 e. The summed E-state index contributed by atoms with van der Waals surface area (Å²) < 4.78 is 3.92. The molecule has 0 unspecified atom stereocenters. The van der Waals surface area contributed by atoms with Gasteiger partial charge in [-0.15, -0.1) is 10.2 Å². The van der Waals surface area contributed by atoms with Crippen molar-refractivity contribution in [3.05, 3.63) is 36.4 Å². The molecule has 1 N–H and O–H groups in total. The first-order valence-corrected chi connectivity index (χ1v) is 6.12. The summed E-state index contributed by atoms with van der Waals surface area (Å²) >= 11 is 0. The minimum Gasteiger partial charge on any atom is -0.366 e. The molecule has 0 amide bonds. The van der Waals surface area contributed by atoms with Gasteiger partial charge in [-0.1, -0.05) is 0 Å². The number of rotatable bonds is 4. The average molecular weight is 257 g/mol. The van der Waals surface area contributed by atoms with Gasteiger partial charge in [-0.3, -0.25) is 4.40 Å². The zero-order valence-corrected chi connectivity index (χ0v) is 10.9. The molecule has 3 heterocycles. The highest BCUT2D eigenvalue weighted by Gasteiger charge is 2.07. The van der Waals surface area contributed by atoms with Crippen molar-refractivity contribution >= 4 is 11.5 Å². The van der Waals surface area contributed by atoms with Crippen LogP contribution in [0, 0.1) is 6.92 Å². The van der Waals surface area contributed by atoms with Crippen molar-refractivity contribution in [2.45, 2.75) is 13.3 Å². The fourth-order valence-corrected chi connectivity index (χ4v) is 2.00. The van der Waals surface area contributed by atoms with E-state index in [-0.39, 0.29) is 0 Å². The van der Waals surface area contributed by atoms with E-state index in [0.717, 1.165) is 36.1 Å². The van der Waals surface area contributed by atoms with E-state index < -0.39 is 0 Å². The van der Waals surface area contributed by atoms with Gasteiger partial charge in [-0.2, -0.15) is 0 Å². The van der Waals surface area contributed by atoms with Gasteiger partial charge in [0.2, 0.25) is 5.65 Å². The highest BCUT2D eigenvalue weighted by molar-refractivity contribution is 5.61. The monoisotopic (exact) mass is 257 g/mol. The number of imidazole rings is 1. The topological polar surface area (TPSA) is 72.9 Å². The number of fused-ring (bicyclic) bond motifs is 1. The van der Waals surface area contributed by atoms with E-state index in [4.69, 9.17) is 0 Å². The molecule has 7 heteroatoms. The lowest BCUT2D eigenvalue weighted by Gasteiger charge is -2.06. The maximum absolute atomic E-state index is 4.30. The van der Waals surface area contributed by atoms with E-state index in [9.17, 15) is 0 Å². The van der Waals surface area contributed by atoms with Gasteiger partial charge in [-0.05, 0) is 6.92 Å². The average Bonchev–Trinajstić information content (AvgIpc) is 2.98. The van der Waals surface area contributed by atoms with Crippen molar-refractivity contribution in [1.29, 1.82) is 0 Å². The van der Waals surface area contributed by atoms with Crippen molar-refractivity contribution in [3.63, 3.8) is 0 Å². The lowest BCUT2D eigenvalue weighted by Crippen LogP contribution is -2.10. The van der Waals surface area contributed by atoms with Gasteiger partial charge in [0.25, 0.3) is 0 Å². The van der Waals surface area contributed by atoms with Crippen LogP contribution in [-0.4, -0.2) is 35.7 Å². The fourth-order valence-electron chi connectivity index (χ4n) is 2.00. The van der Waals surface area contributed by atoms with E-state index >= 15 is 0 Å². The Morgan fingerprint density at radius 3 is 2.79 bits per heavy atom. The molecule has 98 valence electrons. The first-order valence-electron chi connectivity index (χ1n) is 6.12. The number of aromatic nitrogens is 6. The van der Waals surface area contributed by atoms with Crippen molar-refractivity contribution in [1.82, 2.24) is 29.1 Å². The van der Waals surface area contributed by atoms with Crippen molar-refractivity contribution < 1.29 is 0 Å². The third-order valence-electron chi connectivity index (χ3n) is 3.06. The van der Waals surface area contributed by atoms with E-state index in [1.54, 1.807) is 12.4 Å². The summed E-state index contributed by atoms with van der Waals surface area (Å²) in [4.78, 5) is 8.58.